The summed E-state index contributed by atoms with van der Waals surface area (Å²) < 4.78 is 0. The number of carbonyl (C=O) groups is 2. The Morgan fingerprint density at radius 3 is 2.69 bits per heavy atom. The highest BCUT2D eigenvalue weighted by Gasteiger charge is 2.42. The smallest absolute Gasteiger partial charge is 0.325 e. The van der Waals surface area contributed by atoms with E-state index in [1.807, 2.05) is 41.0 Å². The quantitative estimate of drug-likeness (QED) is 0.526. The monoisotopic (exact) mass is 478 g/mol. The van der Waals surface area contributed by atoms with Crippen LogP contribution in [0.25, 0.3) is 0 Å². The molecule has 2 fully saturated rings. The van der Waals surface area contributed by atoms with Crippen LogP contribution in [0.5, 0.6) is 0 Å². The molecule has 1 unspecified atom stereocenters. The molecule has 35 heavy (non-hydrogen) atoms. The van der Waals surface area contributed by atoms with Crippen molar-refractivity contribution >= 4 is 18.6 Å². The van der Waals surface area contributed by atoms with E-state index in [1.165, 1.54) is 5.57 Å². The molecule has 188 valence electrons. The van der Waals surface area contributed by atoms with Gasteiger partial charge in [0.25, 0.3) is 0 Å². The Hall–Kier alpha value is -2.93. The summed E-state index contributed by atoms with van der Waals surface area (Å²) >= 11 is 0. The molecule has 1 amide bonds. The lowest BCUT2D eigenvalue weighted by atomic mass is 9.89. The molecule has 2 saturated heterocycles. The van der Waals surface area contributed by atoms with Crippen LogP contribution in [0.15, 0.2) is 52.8 Å². The summed E-state index contributed by atoms with van der Waals surface area (Å²) in [5, 5.41) is 13.1. The zero-order chi connectivity index (χ0) is 24.8. The fraction of sp³-hybridized carbons (Fsp3) is 0.536. The summed E-state index contributed by atoms with van der Waals surface area (Å²) in [5.74, 6) is 0.810. The van der Waals surface area contributed by atoms with Crippen LogP contribution < -0.4 is 5.32 Å². The number of allylic oxidation sites excluding steroid dienone is 3. The lowest BCUT2D eigenvalue weighted by Gasteiger charge is -2.44. The number of piperidine rings is 1. The van der Waals surface area contributed by atoms with E-state index in [9.17, 15) is 14.7 Å². The van der Waals surface area contributed by atoms with Gasteiger partial charge in [-0.15, -0.1) is 0 Å². The van der Waals surface area contributed by atoms with Gasteiger partial charge < -0.3 is 15.3 Å². The van der Waals surface area contributed by atoms with Gasteiger partial charge in [-0.3, -0.25) is 14.5 Å². The maximum atomic E-state index is 13.0. The molecule has 4 rings (SSSR count). The SMILES string of the molecule is C=NC1=C(/C=C\CCC2CCN(C(=O)C3CN(C(C(=O)O)c4ccccc4C)C3)CC2)CCCN1. The van der Waals surface area contributed by atoms with Gasteiger partial charge in [0.05, 0.1) is 5.92 Å². The first-order chi connectivity index (χ1) is 17.0. The number of benzene rings is 1. The first-order valence-electron chi connectivity index (χ1n) is 12.9. The molecule has 1 aromatic rings. The largest absolute Gasteiger partial charge is 0.480 e. The van der Waals surface area contributed by atoms with E-state index in [0.29, 0.717) is 19.0 Å². The van der Waals surface area contributed by atoms with E-state index in [-0.39, 0.29) is 11.8 Å². The highest BCUT2D eigenvalue weighted by atomic mass is 16.4. The van der Waals surface area contributed by atoms with Crippen molar-refractivity contribution in [3.8, 4) is 0 Å². The molecule has 0 radical (unpaired) electrons. The van der Waals surface area contributed by atoms with Gasteiger partial charge in [-0.1, -0.05) is 36.4 Å². The summed E-state index contributed by atoms with van der Waals surface area (Å²) in [7, 11) is 0. The van der Waals surface area contributed by atoms with Gasteiger partial charge in [0, 0.05) is 32.7 Å². The standard InChI is InChI=1S/C28H38N4O3/c1-20-8-3-6-12-24(20)25(28(34)35)32-18-23(19-32)27(33)31-16-13-21(14-17-31)9-4-5-10-22-11-7-15-30-26(22)29-2/h3,5-6,8,10,12,21,23,25,30H,2,4,7,9,11,13-19H2,1H3,(H,34,35)/b10-5-. The zero-order valence-corrected chi connectivity index (χ0v) is 20.8. The van der Waals surface area contributed by atoms with E-state index < -0.39 is 12.0 Å². The first-order valence-corrected chi connectivity index (χ1v) is 12.9. The average molecular weight is 479 g/mol. The second-order valence-corrected chi connectivity index (χ2v) is 10.1. The summed E-state index contributed by atoms with van der Waals surface area (Å²) in [6.45, 7) is 9.21. The minimum absolute atomic E-state index is 0.0922. The number of amides is 1. The Kier molecular flexibility index (Phi) is 8.39. The Morgan fingerprint density at radius 1 is 1.26 bits per heavy atom. The van der Waals surface area contributed by atoms with Gasteiger partial charge in [-0.25, -0.2) is 4.99 Å². The van der Waals surface area contributed by atoms with E-state index in [0.717, 1.165) is 75.1 Å². The van der Waals surface area contributed by atoms with Crippen LogP contribution in [0.2, 0.25) is 0 Å². The first kappa shape index (κ1) is 25.2. The number of carbonyl (C=O) groups excluding carboxylic acids is 1. The summed E-state index contributed by atoms with van der Waals surface area (Å²) in [5.41, 5.74) is 3.03. The second kappa shape index (κ2) is 11.7. The highest BCUT2D eigenvalue weighted by molar-refractivity contribution is 5.81. The zero-order valence-electron chi connectivity index (χ0n) is 20.8. The van der Waals surface area contributed by atoms with Crippen molar-refractivity contribution in [1.29, 1.82) is 0 Å². The Bertz CT molecular complexity index is 988. The number of nitrogens with one attached hydrogen (secondary N) is 1. The summed E-state index contributed by atoms with van der Waals surface area (Å²) in [6.07, 6.45) is 10.9. The Balaban J connectivity index is 1.20. The molecule has 3 aliphatic heterocycles. The molecule has 0 saturated carbocycles. The maximum Gasteiger partial charge on any atom is 0.325 e. The van der Waals surface area contributed by atoms with Crippen LogP contribution in [-0.2, 0) is 9.59 Å². The third-order valence-electron chi connectivity index (χ3n) is 7.71. The Labute approximate surface area is 208 Å². The second-order valence-electron chi connectivity index (χ2n) is 10.1. The molecule has 0 bridgehead atoms. The van der Waals surface area contributed by atoms with Crippen LogP contribution in [-0.4, -0.2) is 66.2 Å². The average Bonchev–Trinajstić information content (AvgIpc) is 2.84. The molecular formula is C28H38N4O3. The molecule has 1 aromatic carbocycles. The number of aryl methyl sites for hydroxylation is 1. The van der Waals surface area contributed by atoms with E-state index in [1.54, 1.807) is 0 Å². The van der Waals surface area contributed by atoms with Crippen molar-refractivity contribution in [1.82, 2.24) is 15.1 Å². The topological polar surface area (TPSA) is 85.2 Å². The predicted molar refractivity (Wildman–Crippen MR) is 138 cm³/mol. The molecule has 0 aromatic heterocycles. The predicted octanol–water partition coefficient (Wildman–Crippen LogP) is 3.92. The van der Waals surface area contributed by atoms with Gasteiger partial charge in [0.2, 0.25) is 5.91 Å². The molecule has 7 nitrogen and oxygen atoms in total. The molecule has 0 aliphatic carbocycles. The van der Waals surface area contributed by atoms with Gasteiger partial charge in [0.1, 0.15) is 11.9 Å². The lowest BCUT2D eigenvalue weighted by Crippen LogP contribution is -2.57. The maximum absolute atomic E-state index is 13.0. The lowest BCUT2D eigenvalue weighted by molar-refractivity contribution is -0.153. The van der Waals surface area contributed by atoms with Crippen molar-refractivity contribution in [2.75, 3.05) is 32.7 Å². The highest BCUT2D eigenvalue weighted by Crippen LogP contribution is 2.33. The molecule has 7 heteroatoms. The number of carboxylic acids is 1. The van der Waals surface area contributed by atoms with E-state index in [2.05, 4.69) is 29.2 Å². The van der Waals surface area contributed by atoms with Crippen LogP contribution in [0.3, 0.4) is 0 Å². The van der Waals surface area contributed by atoms with Crippen molar-refractivity contribution in [3.63, 3.8) is 0 Å². The number of hydrogen-bond acceptors (Lipinski definition) is 5. The summed E-state index contributed by atoms with van der Waals surface area (Å²) in [4.78, 5) is 33.0. The molecule has 2 N–H and O–H groups in total. The number of aliphatic imine (C=N–C) groups is 1. The molecule has 3 aliphatic rings. The number of aliphatic carboxylic acids is 1. The summed E-state index contributed by atoms with van der Waals surface area (Å²) in [6, 6.07) is 6.93. The van der Waals surface area contributed by atoms with Gasteiger partial charge in [-0.05, 0) is 74.8 Å². The van der Waals surface area contributed by atoms with Crippen molar-refractivity contribution < 1.29 is 14.7 Å². The fourth-order valence-electron chi connectivity index (χ4n) is 5.55. The van der Waals surface area contributed by atoms with Crippen LogP contribution in [0, 0.1) is 18.8 Å². The number of carboxylic acid groups (broad SMARTS) is 1. The third-order valence-corrected chi connectivity index (χ3v) is 7.71. The normalized spacial score (nSPS) is 21.0. The number of nitrogens with zero attached hydrogens (tertiary/aromatic N) is 3. The van der Waals surface area contributed by atoms with Crippen LogP contribution >= 0.6 is 0 Å². The van der Waals surface area contributed by atoms with Crippen LogP contribution in [0.4, 0.5) is 0 Å². The van der Waals surface area contributed by atoms with Gasteiger partial charge in [-0.2, -0.15) is 0 Å². The molecule has 1 atom stereocenters. The minimum Gasteiger partial charge on any atom is -0.480 e. The van der Waals surface area contributed by atoms with Gasteiger partial charge in [0.15, 0.2) is 0 Å². The molecule has 0 spiro atoms. The molecular weight excluding hydrogens is 440 g/mol. The van der Waals surface area contributed by atoms with Crippen LogP contribution in [0.1, 0.15) is 55.7 Å². The van der Waals surface area contributed by atoms with Crippen molar-refractivity contribution in [2.45, 2.75) is 51.5 Å². The number of hydrogen-bond donors (Lipinski definition) is 2. The van der Waals surface area contributed by atoms with E-state index in [4.69, 9.17) is 0 Å². The third kappa shape index (κ3) is 6.01. The van der Waals surface area contributed by atoms with Crippen molar-refractivity contribution in [2.24, 2.45) is 16.8 Å². The van der Waals surface area contributed by atoms with Crippen molar-refractivity contribution in [3.05, 3.63) is 58.9 Å². The molecule has 3 heterocycles. The van der Waals surface area contributed by atoms with Gasteiger partial charge >= 0.3 is 5.97 Å². The van der Waals surface area contributed by atoms with E-state index >= 15 is 0 Å². The minimum atomic E-state index is -0.854. The number of likely N-dealkylation sites (tertiary alicyclic amines) is 2. The Morgan fingerprint density at radius 2 is 2.00 bits per heavy atom. The fourth-order valence-corrected chi connectivity index (χ4v) is 5.55. The number of rotatable bonds is 9.